The number of carbonyl (C=O) groups excluding carboxylic acids is 2. The van der Waals surface area contributed by atoms with Gasteiger partial charge >= 0.3 is 11.3 Å². The molecule has 0 aliphatic carbocycles. The van der Waals surface area contributed by atoms with Crippen molar-refractivity contribution < 1.29 is 23.8 Å². The fraction of sp³-hybridized carbons (Fsp3) is 0.444. The van der Waals surface area contributed by atoms with Crippen LogP contribution in [0.3, 0.4) is 0 Å². The standard InChI is InChI=1S/C27H36N4O5S/c1-5-30(6-2)15-8-16-36-26(32)28-22-12-9-20(10-13-22)18-31-27(33)37-19-23(29-31)21-11-14-24(34-4)25(17-21)35-7-3/h9-14,17H,5-8,15-16,18-19H2,1-4H3,(H,28,32). The smallest absolute Gasteiger partial charge is 0.411 e. The first-order valence-electron chi connectivity index (χ1n) is 12.5. The fourth-order valence-corrected chi connectivity index (χ4v) is 4.54. The Kier molecular flexibility index (Phi) is 11.1. The van der Waals surface area contributed by atoms with E-state index in [9.17, 15) is 9.59 Å². The first kappa shape index (κ1) is 28.3. The van der Waals surface area contributed by atoms with Gasteiger partial charge < -0.3 is 19.1 Å². The number of nitrogens with one attached hydrogen (secondary N) is 1. The van der Waals surface area contributed by atoms with Gasteiger partial charge in [-0.2, -0.15) is 5.10 Å². The molecule has 0 fully saturated rings. The summed E-state index contributed by atoms with van der Waals surface area (Å²) >= 11 is 1.21. The Morgan fingerprint density at radius 2 is 1.86 bits per heavy atom. The Labute approximate surface area is 223 Å². The Balaban J connectivity index is 1.57. The molecule has 0 saturated heterocycles. The van der Waals surface area contributed by atoms with Crippen LogP contribution in [0.5, 0.6) is 11.5 Å². The van der Waals surface area contributed by atoms with Gasteiger partial charge in [-0.15, -0.1) is 0 Å². The number of rotatable bonds is 13. The number of benzene rings is 2. The Bertz CT molecular complexity index is 1070. The molecule has 2 aromatic carbocycles. The van der Waals surface area contributed by atoms with Crippen molar-refractivity contribution >= 4 is 34.5 Å². The molecule has 0 spiro atoms. The van der Waals surface area contributed by atoms with Crippen LogP contribution in [0.25, 0.3) is 0 Å². The van der Waals surface area contributed by atoms with Crippen molar-refractivity contribution in [3.05, 3.63) is 53.6 Å². The summed E-state index contributed by atoms with van der Waals surface area (Å²) in [6.45, 7) is 10.2. The molecule has 2 amide bonds. The van der Waals surface area contributed by atoms with Gasteiger partial charge in [-0.3, -0.25) is 10.1 Å². The number of ether oxygens (including phenoxy) is 3. The van der Waals surface area contributed by atoms with Gasteiger partial charge in [-0.05, 0) is 62.3 Å². The van der Waals surface area contributed by atoms with Gasteiger partial charge in [-0.1, -0.05) is 37.7 Å². The minimum atomic E-state index is -0.477. The summed E-state index contributed by atoms with van der Waals surface area (Å²) in [6, 6.07) is 12.9. The molecule has 0 radical (unpaired) electrons. The summed E-state index contributed by atoms with van der Waals surface area (Å²) in [5.74, 6) is 1.77. The van der Waals surface area contributed by atoms with E-state index in [1.165, 1.54) is 16.8 Å². The molecule has 3 rings (SSSR count). The maximum Gasteiger partial charge on any atom is 0.411 e. The largest absolute Gasteiger partial charge is 0.493 e. The first-order chi connectivity index (χ1) is 18.0. The molecule has 1 aliphatic heterocycles. The molecular formula is C27H36N4O5S. The minimum Gasteiger partial charge on any atom is -0.493 e. The lowest BCUT2D eigenvalue weighted by molar-refractivity contribution is 0.153. The minimum absolute atomic E-state index is 0.113. The molecule has 0 unspecified atom stereocenters. The summed E-state index contributed by atoms with van der Waals surface area (Å²) < 4.78 is 16.3. The molecule has 1 aliphatic rings. The molecule has 10 heteroatoms. The molecule has 0 atom stereocenters. The summed E-state index contributed by atoms with van der Waals surface area (Å²) in [5, 5.41) is 8.70. The third-order valence-corrected chi connectivity index (χ3v) is 6.74. The molecule has 9 nitrogen and oxygen atoms in total. The van der Waals surface area contributed by atoms with Gasteiger partial charge in [0.05, 0.1) is 32.6 Å². The van der Waals surface area contributed by atoms with Crippen LogP contribution in [0.1, 0.15) is 38.3 Å². The highest BCUT2D eigenvalue weighted by Crippen LogP contribution is 2.30. The molecule has 37 heavy (non-hydrogen) atoms. The van der Waals surface area contributed by atoms with E-state index < -0.39 is 6.09 Å². The third-order valence-electron chi connectivity index (χ3n) is 5.86. The second-order valence-electron chi connectivity index (χ2n) is 8.30. The van der Waals surface area contributed by atoms with Crippen LogP contribution < -0.4 is 14.8 Å². The lowest BCUT2D eigenvalue weighted by atomic mass is 10.1. The van der Waals surface area contributed by atoms with E-state index in [1.54, 1.807) is 19.2 Å². The van der Waals surface area contributed by atoms with Crippen LogP contribution in [-0.4, -0.2) is 72.7 Å². The number of carbonyl (C=O) groups is 2. The quantitative estimate of drug-likeness (QED) is 0.346. The number of methoxy groups -OCH3 is 1. The van der Waals surface area contributed by atoms with Crippen LogP contribution in [-0.2, 0) is 11.3 Å². The highest BCUT2D eigenvalue weighted by Gasteiger charge is 2.23. The van der Waals surface area contributed by atoms with Crippen molar-refractivity contribution in [3.8, 4) is 11.5 Å². The topological polar surface area (TPSA) is 92.7 Å². The third kappa shape index (κ3) is 8.40. The predicted molar refractivity (Wildman–Crippen MR) is 148 cm³/mol. The average molecular weight is 529 g/mol. The summed E-state index contributed by atoms with van der Waals surface area (Å²) in [5.41, 5.74) is 3.18. The zero-order valence-corrected chi connectivity index (χ0v) is 22.8. The van der Waals surface area contributed by atoms with Crippen molar-refractivity contribution in [2.45, 2.75) is 33.7 Å². The summed E-state index contributed by atoms with van der Waals surface area (Å²) in [7, 11) is 1.60. The van der Waals surface area contributed by atoms with E-state index in [0.29, 0.717) is 42.7 Å². The van der Waals surface area contributed by atoms with Crippen molar-refractivity contribution in [2.75, 3.05) is 51.0 Å². The lowest BCUT2D eigenvalue weighted by Gasteiger charge is -2.23. The summed E-state index contributed by atoms with van der Waals surface area (Å²) in [6.07, 6.45) is 0.317. The van der Waals surface area contributed by atoms with Gasteiger partial charge in [0.1, 0.15) is 0 Å². The Morgan fingerprint density at radius 1 is 1.11 bits per heavy atom. The predicted octanol–water partition coefficient (Wildman–Crippen LogP) is 5.45. The maximum atomic E-state index is 12.5. The molecule has 1 N–H and O–H groups in total. The van der Waals surface area contributed by atoms with Crippen molar-refractivity contribution in [2.24, 2.45) is 5.10 Å². The lowest BCUT2D eigenvalue weighted by Crippen LogP contribution is -2.29. The van der Waals surface area contributed by atoms with Crippen LogP contribution in [0.15, 0.2) is 47.6 Å². The van der Waals surface area contributed by atoms with Crippen LogP contribution in [0, 0.1) is 0 Å². The van der Waals surface area contributed by atoms with E-state index in [2.05, 4.69) is 29.2 Å². The fourth-order valence-electron chi connectivity index (χ4n) is 3.80. The van der Waals surface area contributed by atoms with E-state index in [1.807, 2.05) is 37.3 Å². The Morgan fingerprint density at radius 3 is 2.54 bits per heavy atom. The van der Waals surface area contributed by atoms with E-state index in [0.717, 1.165) is 42.9 Å². The number of nitrogens with zero attached hydrogens (tertiary/aromatic N) is 3. The molecule has 0 saturated carbocycles. The van der Waals surface area contributed by atoms with E-state index in [-0.39, 0.29) is 5.24 Å². The number of anilines is 1. The number of thioether (sulfide) groups is 1. The van der Waals surface area contributed by atoms with Gasteiger partial charge in [0.15, 0.2) is 11.5 Å². The zero-order chi connectivity index (χ0) is 26.6. The number of hydrazone groups is 1. The molecule has 1 heterocycles. The van der Waals surface area contributed by atoms with Crippen molar-refractivity contribution in [1.82, 2.24) is 9.91 Å². The molecular weight excluding hydrogens is 492 g/mol. The molecule has 0 aromatic heterocycles. The highest BCUT2D eigenvalue weighted by molar-refractivity contribution is 8.14. The monoisotopic (exact) mass is 528 g/mol. The van der Waals surface area contributed by atoms with Crippen LogP contribution in [0.2, 0.25) is 0 Å². The van der Waals surface area contributed by atoms with Gasteiger partial charge in [-0.25, -0.2) is 9.80 Å². The SMILES string of the molecule is CCOc1cc(C2=NN(Cc3ccc(NC(=O)OCCCN(CC)CC)cc3)C(=O)SC2)ccc1OC. The van der Waals surface area contributed by atoms with Crippen molar-refractivity contribution in [1.29, 1.82) is 0 Å². The molecule has 0 bridgehead atoms. The zero-order valence-electron chi connectivity index (χ0n) is 22.0. The average Bonchev–Trinajstić information content (AvgIpc) is 2.91. The van der Waals surface area contributed by atoms with Crippen LogP contribution in [0.4, 0.5) is 15.3 Å². The van der Waals surface area contributed by atoms with Gasteiger partial charge in [0.2, 0.25) is 0 Å². The highest BCUT2D eigenvalue weighted by atomic mass is 32.2. The van der Waals surface area contributed by atoms with E-state index >= 15 is 0 Å². The second kappa shape index (κ2) is 14.5. The normalized spacial score (nSPS) is 13.4. The summed E-state index contributed by atoms with van der Waals surface area (Å²) in [4.78, 5) is 26.9. The van der Waals surface area contributed by atoms with Crippen molar-refractivity contribution in [3.63, 3.8) is 0 Å². The number of hydrogen-bond acceptors (Lipinski definition) is 8. The van der Waals surface area contributed by atoms with Crippen LogP contribution >= 0.6 is 11.8 Å². The maximum absolute atomic E-state index is 12.5. The molecule has 2 aromatic rings. The first-order valence-corrected chi connectivity index (χ1v) is 13.5. The van der Waals surface area contributed by atoms with Gasteiger partial charge in [0, 0.05) is 23.5 Å². The number of hydrogen-bond donors (Lipinski definition) is 1. The molecule has 200 valence electrons. The van der Waals surface area contributed by atoms with Gasteiger partial charge in [0.25, 0.3) is 0 Å². The Hall–Kier alpha value is -3.24. The second-order valence-corrected chi connectivity index (χ2v) is 9.22. The number of amides is 2. The van der Waals surface area contributed by atoms with E-state index in [4.69, 9.17) is 14.2 Å².